The SMILES string of the molecule is Cn1nc(N)c2c1CN(c1c(F)cc3c(=O)c(C(=O)O)cn(CCF)c3c1F)C2. The molecule has 0 atom stereocenters. The number of hydrogen-bond donors (Lipinski definition) is 2. The highest BCUT2D eigenvalue weighted by molar-refractivity contribution is 5.94. The second-order valence-corrected chi connectivity index (χ2v) is 6.77. The van der Waals surface area contributed by atoms with Crippen molar-refractivity contribution in [1.82, 2.24) is 14.3 Å². The van der Waals surface area contributed by atoms with E-state index in [9.17, 15) is 23.5 Å². The Balaban J connectivity index is 1.95. The molecule has 0 unspecified atom stereocenters. The third-order valence-corrected chi connectivity index (χ3v) is 5.10. The van der Waals surface area contributed by atoms with E-state index in [1.165, 1.54) is 9.58 Å². The molecular weight excluding hydrogens is 391 g/mol. The Labute approximate surface area is 161 Å². The van der Waals surface area contributed by atoms with E-state index in [-0.39, 0.29) is 24.4 Å². The first-order valence-corrected chi connectivity index (χ1v) is 8.64. The molecule has 0 aliphatic carbocycles. The molecular formula is C18H16F3N5O3. The van der Waals surface area contributed by atoms with E-state index in [1.54, 1.807) is 7.05 Å². The Morgan fingerprint density at radius 1 is 1.34 bits per heavy atom. The van der Waals surface area contributed by atoms with Gasteiger partial charge in [0.2, 0.25) is 5.43 Å². The van der Waals surface area contributed by atoms with E-state index < -0.39 is 52.9 Å². The average molecular weight is 407 g/mol. The Morgan fingerprint density at radius 3 is 2.69 bits per heavy atom. The molecule has 3 heterocycles. The molecule has 1 aliphatic heterocycles. The number of fused-ring (bicyclic) bond motifs is 2. The first-order valence-electron chi connectivity index (χ1n) is 8.64. The van der Waals surface area contributed by atoms with Crippen molar-refractivity contribution < 1.29 is 23.1 Å². The summed E-state index contributed by atoms with van der Waals surface area (Å²) < 4.78 is 45.8. The number of carbonyl (C=O) groups is 1. The molecule has 2 aromatic heterocycles. The second-order valence-electron chi connectivity index (χ2n) is 6.77. The monoisotopic (exact) mass is 407 g/mol. The number of nitrogen functional groups attached to an aromatic ring is 1. The van der Waals surface area contributed by atoms with E-state index >= 15 is 4.39 Å². The third kappa shape index (κ3) is 2.72. The third-order valence-electron chi connectivity index (χ3n) is 5.10. The van der Waals surface area contributed by atoms with Crippen LogP contribution in [0, 0.1) is 11.6 Å². The zero-order chi connectivity index (χ0) is 21.0. The number of halogens is 3. The number of rotatable bonds is 4. The van der Waals surface area contributed by atoms with Crippen LogP contribution < -0.4 is 16.1 Å². The maximum Gasteiger partial charge on any atom is 0.341 e. The zero-order valence-electron chi connectivity index (χ0n) is 15.2. The summed E-state index contributed by atoms with van der Waals surface area (Å²) in [6.07, 6.45) is 0.873. The van der Waals surface area contributed by atoms with Gasteiger partial charge in [0.1, 0.15) is 23.7 Å². The van der Waals surface area contributed by atoms with Crippen LogP contribution in [-0.4, -0.2) is 32.1 Å². The van der Waals surface area contributed by atoms with E-state index in [0.29, 0.717) is 11.3 Å². The lowest BCUT2D eigenvalue weighted by atomic mass is 10.1. The summed E-state index contributed by atoms with van der Waals surface area (Å²) in [5.74, 6) is -3.40. The molecule has 8 nitrogen and oxygen atoms in total. The van der Waals surface area contributed by atoms with Crippen molar-refractivity contribution in [1.29, 1.82) is 0 Å². The van der Waals surface area contributed by atoms with Crippen molar-refractivity contribution in [2.24, 2.45) is 7.05 Å². The fourth-order valence-corrected chi connectivity index (χ4v) is 3.77. The fraction of sp³-hybridized carbons (Fsp3) is 0.278. The normalized spacial score (nSPS) is 13.3. The number of aromatic carboxylic acids is 1. The molecule has 3 N–H and O–H groups in total. The number of alkyl halides is 1. The van der Waals surface area contributed by atoms with Crippen molar-refractivity contribution in [3.05, 3.63) is 50.9 Å². The number of aryl methyl sites for hydroxylation is 2. The summed E-state index contributed by atoms with van der Waals surface area (Å²) in [6, 6.07) is 0.793. The predicted octanol–water partition coefficient (Wildman–Crippen LogP) is 1.78. The molecule has 0 amide bonds. The Morgan fingerprint density at radius 2 is 2.07 bits per heavy atom. The molecule has 0 spiro atoms. The Kier molecular flexibility index (Phi) is 4.25. The van der Waals surface area contributed by atoms with Crippen LogP contribution in [0.3, 0.4) is 0 Å². The van der Waals surface area contributed by atoms with Crippen LogP contribution in [0.2, 0.25) is 0 Å². The maximum atomic E-state index is 15.4. The molecule has 29 heavy (non-hydrogen) atoms. The largest absolute Gasteiger partial charge is 0.477 e. The zero-order valence-corrected chi connectivity index (χ0v) is 15.2. The number of carboxylic acid groups (broad SMARTS) is 1. The topological polar surface area (TPSA) is 106 Å². The fourth-order valence-electron chi connectivity index (χ4n) is 3.77. The van der Waals surface area contributed by atoms with Gasteiger partial charge >= 0.3 is 5.97 Å². The number of benzene rings is 1. The molecule has 0 radical (unpaired) electrons. The van der Waals surface area contributed by atoms with E-state index in [2.05, 4.69) is 5.10 Å². The van der Waals surface area contributed by atoms with E-state index in [1.807, 2.05) is 0 Å². The Bertz CT molecular complexity index is 1210. The van der Waals surface area contributed by atoms with Crippen LogP contribution in [0.1, 0.15) is 21.6 Å². The lowest BCUT2D eigenvalue weighted by molar-refractivity contribution is 0.0694. The summed E-state index contributed by atoms with van der Waals surface area (Å²) >= 11 is 0. The maximum absolute atomic E-state index is 15.4. The number of pyridine rings is 1. The van der Waals surface area contributed by atoms with Gasteiger partial charge in [-0.3, -0.25) is 9.48 Å². The quantitative estimate of drug-likeness (QED) is 0.683. The molecule has 0 bridgehead atoms. The highest BCUT2D eigenvalue weighted by Gasteiger charge is 2.31. The Hall–Kier alpha value is -3.50. The van der Waals surface area contributed by atoms with Gasteiger partial charge in [-0.2, -0.15) is 5.10 Å². The molecule has 11 heteroatoms. The standard InChI is InChI=1S/C18H16F3N5O3/c1-24-12-7-26(5-9(12)17(22)23-24)15-11(20)4-8-14(13(15)21)25(3-2-19)6-10(16(8)27)18(28)29/h4,6H,2-3,5,7H2,1H3,(H2,22,23)(H,28,29). The van der Waals surface area contributed by atoms with Crippen LogP contribution in [0.25, 0.3) is 10.9 Å². The first kappa shape index (κ1) is 18.8. The minimum Gasteiger partial charge on any atom is -0.477 e. The highest BCUT2D eigenvalue weighted by atomic mass is 19.1. The van der Waals surface area contributed by atoms with Crippen molar-refractivity contribution in [3.63, 3.8) is 0 Å². The van der Waals surface area contributed by atoms with Gasteiger partial charge in [-0.15, -0.1) is 0 Å². The number of carboxylic acids is 1. The summed E-state index contributed by atoms with van der Waals surface area (Å²) in [5.41, 5.74) is 4.71. The summed E-state index contributed by atoms with van der Waals surface area (Å²) in [7, 11) is 1.66. The highest BCUT2D eigenvalue weighted by Crippen LogP contribution is 2.36. The first-order chi connectivity index (χ1) is 13.7. The summed E-state index contributed by atoms with van der Waals surface area (Å²) in [5, 5.41) is 12.8. The molecule has 152 valence electrons. The van der Waals surface area contributed by atoms with Gasteiger partial charge in [-0.05, 0) is 6.07 Å². The van der Waals surface area contributed by atoms with Crippen molar-refractivity contribution >= 4 is 28.4 Å². The lowest BCUT2D eigenvalue weighted by Crippen LogP contribution is -2.24. The van der Waals surface area contributed by atoms with Gasteiger partial charge in [-0.25, -0.2) is 18.0 Å². The van der Waals surface area contributed by atoms with Gasteiger partial charge in [0, 0.05) is 25.4 Å². The number of nitrogens with zero attached hydrogens (tertiary/aromatic N) is 4. The van der Waals surface area contributed by atoms with Gasteiger partial charge < -0.3 is 20.3 Å². The van der Waals surface area contributed by atoms with Gasteiger partial charge in [0.05, 0.1) is 29.7 Å². The minimum atomic E-state index is -1.56. The second kappa shape index (κ2) is 6.54. The molecule has 1 aliphatic rings. The molecule has 0 saturated carbocycles. The average Bonchev–Trinajstić information content (AvgIpc) is 3.18. The predicted molar refractivity (Wildman–Crippen MR) is 98.6 cm³/mol. The molecule has 4 rings (SSSR count). The van der Waals surface area contributed by atoms with Crippen LogP contribution in [0.4, 0.5) is 24.7 Å². The van der Waals surface area contributed by atoms with Gasteiger partial charge in [0.15, 0.2) is 11.6 Å². The van der Waals surface area contributed by atoms with Gasteiger partial charge in [-0.1, -0.05) is 0 Å². The van der Waals surface area contributed by atoms with Crippen molar-refractivity contribution in [2.45, 2.75) is 19.6 Å². The van der Waals surface area contributed by atoms with Crippen LogP contribution in [-0.2, 0) is 26.7 Å². The van der Waals surface area contributed by atoms with Crippen molar-refractivity contribution in [2.75, 3.05) is 17.3 Å². The van der Waals surface area contributed by atoms with Crippen LogP contribution in [0.5, 0.6) is 0 Å². The lowest BCUT2D eigenvalue weighted by Gasteiger charge is -2.22. The van der Waals surface area contributed by atoms with E-state index in [0.717, 1.165) is 16.8 Å². The molecule has 1 aromatic carbocycles. The summed E-state index contributed by atoms with van der Waals surface area (Å²) in [6.45, 7) is -1.08. The number of hydrogen-bond acceptors (Lipinski definition) is 5. The number of aromatic nitrogens is 3. The van der Waals surface area contributed by atoms with Gasteiger partial charge in [0.25, 0.3) is 0 Å². The van der Waals surface area contributed by atoms with Crippen molar-refractivity contribution in [3.8, 4) is 0 Å². The van der Waals surface area contributed by atoms with Crippen LogP contribution in [0.15, 0.2) is 17.1 Å². The number of anilines is 2. The molecule has 0 fully saturated rings. The van der Waals surface area contributed by atoms with Crippen LogP contribution >= 0.6 is 0 Å². The summed E-state index contributed by atoms with van der Waals surface area (Å²) in [4.78, 5) is 25.1. The number of nitrogens with two attached hydrogens (primary N) is 1. The smallest absolute Gasteiger partial charge is 0.341 e. The molecule has 0 saturated heterocycles. The van der Waals surface area contributed by atoms with E-state index in [4.69, 9.17) is 5.73 Å². The minimum absolute atomic E-state index is 0.106. The molecule has 3 aromatic rings.